The molecule has 1 aliphatic carbocycles. The van der Waals surface area contributed by atoms with Gasteiger partial charge in [0.2, 0.25) is 5.69 Å². The van der Waals surface area contributed by atoms with Crippen LogP contribution in [-0.2, 0) is 20.8 Å². The van der Waals surface area contributed by atoms with Crippen molar-refractivity contribution in [3.8, 4) is 0 Å². The van der Waals surface area contributed by atoms with Gasteiger partial charge in [-0.25, -0.2) is 19.3 Å². The van der Waals surface area contributed by atoms with Crippen molar-refractivity contribution in [3.63, 3.8) is 0 Å². The fourth-order valence-electron chi connectivity index (χ4n) is 5.53. The zero-order valence-electron chi connectivity index (χ0n) is 24.4. The van der Waals surface area contributed by atoms with Gasteiger partial charge < -0.3 is 9.47 Å². The van der Waals surface area contributed by atoms with E-state index in [0.29, 0.717) is 0 Å². The van der Waals surface area contributed by atoms with E-state index in [-0.39, 0.29) is 49.0 Å². The van der Waals surface area contributed by atoms with Gasteiger partial charge in [-0.1, -0.05) is 64.9 Å². The first-order valence-electron chi connectivity index (χ1n) is 14.3. The van der Waals surface area contributed by atoms with E-state index in [1.807, 2.05) is 31.2 Å². The number of allylic oxidation sites excluding steroid dienone is 1. The summed E-state index contributed by atoms with van der Waals surface area (Å²) >= 11 is 0. The Hall–Kier alpha value is -4.60. The van der Waals surface area contributed by atoms with Gasteiger partial charge in [-0.05, 0) is 69.7 Å². The molecule has 1 aromatic heterocycles. The molecule has 2 atom stereocenters. The second kappa shape index (κ2) is 12.5. The van der Waals surface area contributed by atoms with Gasteiger partial charge in [0.1, 0.15) is 6.54 Å². The number of aryl methyl sites for hydroxylation is 2. The third-order valence-corrected chi connectivity index (χ3v) is 7.55. The quantitative estimate of drug-likeness (QED) is 0.348. The maximum Gasteiger partial charge on any atom is 0.361 e. The maximum absolute atomic E-state index is 14.0. The number of ether oxygens (including phenoxy) is 2. The van der Waals surface area contributed by atoms with Crippen LogP contribution in [0, 0.1) is 19.8 Å². The van der Waals surface area contributed by atoms with E-state index in [1.165, 1.54) is 10.6 Å². The number of carbonyl (C=O) groups is 3. The Bertz CT molecular complexity index is 1540. The van der Waals surface area contributed by atoms with Crippen molar-refractivity contribution >= 4 is 29.6 Å². The van der Waals surface area contributed by atoms with Crippen LogP contribution in [0.2, 0.25) is 0 Å². The average Bonchev–Trinajstić information content (AvgIpc) is 3.58. The minimum atomic E-state index is -0.810. The molecule has 10 nitrogen and oxygen atoms in total. The number of aromatic nitrogens is 3. The zero-order valence-corrected chi connectivity index (χ0v) is 24.4. The van der Waals surface area contributed by atoms with Gasteiger partial charge in [-0.3, -0.25) is 4.79 Å². The fourth-order valence-corrected chi connectivity index (χ4v) is 5.53. The Morgan fingerprint density at radius 2 is 1.57 bits per heavy atom. The minimum Gasteiger partial charge on any atom is -0.461 e. The van der Waals surface area contributed by atoms with E-state index < -0.39 is 11.9 Å². The smallest absolute Gasteiger partial charge is 0.361 e. The summed E-state index contributed by atoms with van der Waals surface area (Å²) in [6, 6.07) is 16.1. The highest BCUT2D eigenvalue weighted by molar-refractivity contribution is 6.08. The molecule has 3 aromatic rings. The number of hydrogen-bond acceptors (Lipinski definition) is 8. The number of rotatable bonds is 8. The molecule has 218 valence electrons. The van der Waals surface area contributed by atoms with Gasteiger partial charge in [0.05, 0.1) is 25.0 Å². The molecule has 10 heteroatoms. The maximum atomic E-state index is 14.0. The summed E-state index contributed by atoms with van der Waals surface area (Å²) in [4.78, 5) is 39.3. The topological polar surface area (TPSA) is 116 Å². The van der Waals surface area contributed by atoms with Gasteiger partial charge in [0, 0.05) is 5.92 Å². The normalized spacial score (nSPS) is 18.9. The second-order valence-electron chi connectivity index (χ2n) is 10.5. The second-order valence-corrected chi connectivity index (χ2v) is 10.5. The predicted octanol–water partition coefficient (Wildman–Crippen LogP) is 5.07. The van der Waals surface area contributed by atoms with Crippen molar-refractivity contribution in [2.24, 2.45) is 11.0 Å². The lowest BCUT2D eigenvalue weighted by Gasteiger charge is -2.29. The van der Waals surface area contributed by atoms with Gasteiger partial charge in [-0.15, -0.1) is 5.10 Å². The molecule has 42 heavy (non-hydrogen) atoms. The van der Waals surface area contributed by atoms with Crippen LogP contribution in [-0.4, -0.2) is 56.8 Å². The number of hydrogen-bond donors (Lipinski definition) is 0. The summed E-state index contributed by atoms with van der Waals surface area (Å²) in [5, 5.41) is 14.3. The Labute approximate surface area is 245 Å². The number of nitrogens with zero attached hydrogens (tertiary/aromatic N) is 5. The van der Waals surface area contributed by atoms with Crippen molar-refractivity contribution < 1.29 is 23.9 Å². The van der Waals surface area contributed by atoms with Crippen LogP contribution >= 0.6 is 0 Å². The molecule has 1 amide bonds. The molecule has 1 fully saturated rings. The molecule has 0 bridgehead atoms. The molecule has 0 N–H and O–H groups in total. The van der Waals surface area contributed by atoms with Crippen molar-refractivity contribution in [1.29, 1.82) is 0 Å². The highest BCUT2D eigenvalue weighted by Crippen LogP contribution is 2.44. The molecule has 1 aliphatic heterocycles. The highest BCUT2D eigenvalue weighted by atomic mass is 16.5. The number of esters is 2. The lowest BCUT2D eigenvalue weighted by Crippen LogP contribution is -2.34. The van der Waals surface area contributed by atoms with Crippen LogP contribution < -0.4 is 0 Å². The van der Waals surface area contributed by atoms with Crippen LogP contribution in [0.4, 0.5) is 0 Å². The standard InChI is InChI=1S/C32H35N5O5/c1-5-41-31(39)28-30(32(40)42-6-2)36(35-33-28)19-26(38)37-29(23-16-12-21(4)13-17-23)25-9-7-8-24(27(25)34-37)18-22-14-10-20(3)11-15-22/h10-18,25,29H,5-9,19H2,1-4H3/b24-18-/t25-,29+/m1/s1. The van der Waals surface area contributed by atoms with Crippen LogP contribution in [0.5, 0.6) is 0 Å². The van der Waals surface area contributed by atoms with E-state index in [1.54, 1.807) is 13.8 Å². The Kier molecular flexibility index (Phi) is 8.61. The predicted molar refractivity (Wildman–Crippen MR) is 157 cm³/mol. The minimum absolute atomic E-state index is 0.0115. The summed E-state index contributed by atoms with van der Waals surface area (Å²) in [5.41, 5.74) is 5.87. The summed E-state index contributed by atoms with van der Waals surface area (Å²) in [5.74, 6) is -1.99. The largest absolute Gasteiger partial charge is 0.461 e. The van der Waals surface area contributed by atoms with Crippen LogP contribution in [0.15, 0.2) is 59.2 Å². The van der Waals surface area contributed by atoms with Gasteiger partial charge in [0.15, 0.2) is 5.69 Å². The lowest BCUT2D eigenvalue weighted by molar-refractivity contribution is -0.134. The summed E-state index contributed by atoms with van der Waals surface area (Å²) in [6.07, 6.45) is 4.89. The molecule has 0 unspecified atom stereocenters. The molecule has 2 aliphatic rings. The van der Waals surface area contributed by atoms with E-state index in [4.69, 9.17) is 14.6 Å². The molecule has 2 aromatic carbocycles. The molecule has 1 saturated carbocycles. The fraction of sp³-hybridized carbons (Fsp3) is 0.375. The molecular formula is C32H35N5O5. The van der Waals surface area contributed by atoms with E-state index >= 15 is 0 Å². The van der Waals surface area contributed by atoms with E-state index in [2.05, 4.69) is 47.6 Å². The molecular weight excluding hydrogens is 534 g/mol. The van der Waals surface area contributed by atoms with Crippen molar-refractivity contribution in [2.75, 3.05) is 13.2 Å². The van der Waals surface area contributed by atoms with Crippen molar-refractivity contribution in [3.05, 3.63) is 87.7 Å². The summed E-state index contributed by atoms with van der Waals surface area (Å²) in [6.45, 7) is 7.19. The molecule has 5 rings (SSSR count). The summed E-state index contributed by atoms with van der Waals surface area (Å²) in [7, 11) is 0. The number of fused-ring (bicyclic) bond motifs is 1. The SMILES string of the molecule is CCOC(=O)c1nnn(CC(=O)N2N=C3/C(=C\c4ccc(C)cc4)CCC[C@H]3[C@@H]2c2ccc(C)cc2)c1C(=O)OCC. The third kappa shape index (κ3) is 5.88. The molecule has 0 saturated heterocycles. The monoisotopic (exact) mass is 569 g/mol. The first kappa shape index (κ1) is 28.9. The molecule has 2 heterocycles. The van der Waals surface area contributed by atoms with Gasteiger partial charge in [-0.2, -0.15) is 5.10 Å². The summed E-state index contributed by atoms with van der Waals surface area (Å²) < 4.78 is 11.3. The van der Waals surface area contributed by atoms with E-state index in [9.17, 15) is 14.4 Å². The molecule has 0 spiro atoms. The Balaban J connectivity index is 1.52. The number of carbonyl (C=O) groups excluding carboxylic acids is 3. The van der Waals surface area contributed by atoms with Crippen molar-refractivity contribution in [2.45, 2.75) is 59.5 Å². The van der Waals surface area contributed by atoms with Crippen molar-refractivity contribution in [1.82, 2.24) is 20.0 Å². The van der Waals surface area contributed by atoms with Gasteiger partial charge >= 0.3 is 11.9 Å². The Morgan fingerprint density at radius 3 is 2.24 bits per heavy atom. The van der Waals surface area contributed by atoms with Crippen LogP contribution in [0.1, 0.15) is 82.4 Å². The third-order valence-electron chi connectivity index (χ3n) is 7.55. The van der Waals surface area contributed by atoms with Gasteiger partial charge in [0.25, 0.3) is 5.91 Å². The average molecular weight is 570 g/mol. The number of amides is 1. The Morgan fingerprint density at radius 1 is 0.929 bits per heavy atom. The highest BCUT2D eigenvalue weighted by Gasteiger charge is 2.44. The first-order chi connectivity index (χ1) is 20.3. The number of benzene rings is 2. The van der Waals surface area contributed by atoms with Crippen LogP contribution in [0.3, 0.4) is 0 Å². The lowest BCUT2D eigenvalue weighted by atomic mass is 9.77. The first-order valence-corrected chi connectivity index (χ1v) is 14.3. The van der Waals surface area contributed by atoms with Crippen LogP contribution in [0.25, 0.3) is 6.08 Å². The van der Waals surface area contributed by atoms with E-state index in [0.717, 1.165) is 51.9 Å². The molecule has 0 radical (unpaired) electrons. The zero-order chi connectivity index (χ0) is 29.8. The number of hydrazone groups is 1.